The van der Waals surface area contributed by atoms with E-state index in [0.717, 1.165) is 46.9 Å². The van der Waals surface area contributed by atoms with Crippen molar-refractivity contribution in [3.05, 3.63) is 180 Å². The Bertz CT molecular complexity index is 3270. The average Bonchev–Trinajstić information content (AvgIpc) is 3.97. The van der Waals surface area contributed by atoms with E-state index in [9.17, 15) is 0 Å². The standard InChI is InChI=1S/C72H83N3/c1-7-11-14-16-18-26-45-72(46-27-19-17-15-12-8-2)67-48-53(6)34-42-63(67)64-44-38-57(50-68(64)72)56-37-43-62-61-41-33-52(5)47-65(61)69-70(66(62)49-56)74(51-54(10-4)28-13-9-3)71(73-69)55-35-39-60(40-36-55)75(58-29-22-20-23-30-58)59-31-24-21-25-32-59/h20-25,29-44,47-50,54H,7-19,26-28,45-46,51H2,1-6H3. The molecule has 0 fully saturated rings. The second kappa shape index (κ2) is 24.0. The average molecular weight is 990 g/mol. The first-order valence-electron chi connectivity index (χ1n) is 29.5. The minimum absolute atomic E-state index is 0.0241. The molecular formula is C72H83N3. The fourth-order valence-electron chi connectivity index (χ4n) is 13.0. The highest BCUT2D eigenvalue weighted by molar-refractivity contribution is 6.24. The van der Waals surface area contributed by atoms with Crippen LogP contribution in [-0.2, 0) is 12.0 Å². The lowest BCUT2D eigenvalue weighted by Gasteiger charge is -2.33. The summed E-state index contributed by atoms with van der Waals surface area (Å²) in [4.78, 5) is 8.16. The van der Waals surface area contributed by atoms with Crippen LogP contribution in [0.3, 0.4) is 0 Å². The highest BCUT2D eigenvalue weighted by atomic mass is 15.1. The van der Waals surface area contributed by atoms with Crippen molar-refractivity contribution in [2.75, 3.05) is 4.90 Å². The zero-order valence-electron chi connectivity index (χ0n) is 46.4. The van der Waals surface area contributed by atoms with Crippen LogP contribution in [0.15, 0.2) is 158 Å². The highest BCUT2D eigenvalue weighted by Crippen LogP contribution is 2.55. The van der Waals surface area contributed by atoms with Gasteiger partial charge in [-0.15, -0.1) is 0 Å². The number of hydrogen-bond donors (Lipinski definition) is 0. The van der Waals surface area contributed by atoms with Crippen molar-refractivity contribution in [1.29, 1.82) is 0 Å². The van der Waals surface area contributed by atoms with Gasteiger partial charge in [-0.2, -0.15) is 0 Å². The Morgan fingerprint density at radius 2 is 0.960 bits per heavy atom. The number of imidazole rings is 1. The molecule has 0 spiro atoms. The largest absolute Gasteiger partial charge is 0.323 e. The van der Waals surface area contributed by atoms with Gasteiger partial charge in [0.25, 0.3) is 0 Å². The molecule has 75 heavy (non-hydrogen) atoms. The third-order valence-corrected chi connectivity index (χ3v) is 17.1. The number of anilines is 3. The van der Waals surface area contributed by atoms with Crippen molar-refractivity contribution in [3.63, 3.8) is 0 Å². The predicted octanol–water partition coefficient (Wildman–Crippen LogP) is 21.7. The molecule has 1 unspecified atom stereocenters. The minimum atomic E-state index is 0.0241. The summed E-state index contributed by atoms with van der Waals surface area (Å²) < 4.78 is 2.64. The van der Waals surface area contributed by atoms with E-state index in [1.54, 1.807) is 11.1 Å². The van der Waals surface area contributed by atoms with E-state index in [4.69, 9.17) is 4.98 Å². The van der Waals surface area contributed by atoms with Gasteiger partial charge in [-0.25, -0.2) is 4.98 Å². The lowest BCUT2D eigenvalue weighted by Crippen LogP contribution is -2.25. The molecule has 1 atom stereocenters. The van der Waals surface area contributed by atoms with E-state index in [1.165, 1.54) is 170 Å². The maximum Gasteiger partial charge on any atom is 0.141 e. The van der Waals surface area contributed by atoms with Crippen LogP contribution in [0.2, 0.25) is 0 Å². The van der Waals surface area contributed by atoms with E-state index in [0.29, 0.717) is 5.92 Å². The summed E-state index contributed by atoms with van der Waals surface area (Å²) in [6.07, 6.45) is 23.1. The van der Waals surface area contributed by atoms with Crippen molar-refractivity contribution in [3.8, 4) is 33.6 Å². The minimum Gasteiger partial charge on any atom is -0.323 e. The molecule has 8 aromatic carbocycles. The molecule has 386 valence electrons. The van der Waals surface area contributed by atoms with E-state index < -0.39 is 0 Å². The summed E-state index contributed by atoms with van der Waals surface area (Å²) in [5.41, 5.74) is 18.3. The summed E-state index contributed by atoms with van der Waals surface area (Å²) in [5, 5.41) is 5.11. The molecule has 0 saturated heterocycles. The highest BCUT2D eigenvalue weighted by Gasteiger charge is 2.42. The van der Waals surface area contributed by atoms with Gasteiger partial charge < -0.3 is 9.47 Å². The molecule has 1 aliphatic carbocycles. The number of benzene rings is 8. The second-order valence-electron chi connectivity index (χ2n) is 22.4. The third-order valence-electron chi connectivity index (χ3n) is 17.1. The number of nitrogens with zero attached hydrogens (tertiary/aromatic N) is 3. The number of unbranched alkanes of at least 4 members (excludes halogenated alkanes) is 11. The molecule has 0 bridgehead atoms. The Hall–Kier alpha value is -6.45. The number of aromatic nitrogens is 2. The fraction of sp³-hybridized carbons (Fsp3) is 0.375. The molecule has 9 aromatic rings. The molecule has 0 amide bonds. The van der Waals surface area contributed by atoms with Crippen LogP contribution >= 0.6 is 0 Å². The first-order valence-corrected chi connectivity index (χ1v) is 29.5. The van der Waals surface area contributed by atoms with Gasteiger partial charge >= 0.3 is 0 Å². The molecule has 3 nitrogen and oxygen atoms in total. The van der Waals surface area contributed by atoms with Crippen molar-refractivity contribution >= 4 is 49.6 Å². The topological polar surface area (TPSA) is 21.1 Å². The Balaban J connectivity index is 1.13. The summed E-state index contributed by atoms with van der Waals surface area (Å²) >= 11 is 0. The van der Waals surface area contributed by atoms with Crippen LogP contribution < -0.4 is 4.90 Å². The first kappa shape index (κ1) is 52.0. The molecule has 0 saturated carbocycles. The number of rotatable bonds is 25. The van der Waals surface area contributed by atoms with Gasteiger partial charge in [-0.05, 0) is 150 Å². The zero-order valence-corrected chi connectivity index (χ0v) is 46.4. The zero-order chi connectivity index (χ0) is 51.7. The summed E-state index contributed by atoms with van der Waals surface area (Å²) in [7, 11) is 0. The Labute approximate surface area is 450 Å². The van der Waals surface area contributed by atoms with Crippen LogP contribution in [0, 0.1) is 19.8 Å². The summed E-state index contributed by atoms with van der Waals surface area (Å²) in [5.74, 6) is 1.59. The van der Waals surface area contributed by atoms with Gasteiger partial charge in [0.2, 0.25) is 0 Å². The normalized spacial score (nSPS) is 13.2. The first-order chi connectivity index (χ1) is 36.8. The number of aryl methyl sites for hydroxylation is 2. The van der Waals surface area contributed by atoms with Gasteiger partial charge in [0.15, 0.2) is 0 Å². The smallest absolute Gasteiger partial charge is 0.141 e. The van der Waals surface area contributed by atoms with Crippen LogP contribution in [0.1, 0.15) is 166 Å². The van der Waals surface area contributed by atoms with E-state index >= 15 is 0 Å². The molecule has 0 N–H and O–H groups in total. The van der Waals surface area contributed by atoms with E-state index in [1.807, 2.05) is 0 Å². The summed E-state index contributed by atoms with van der Waals surface area (Å²) in [6.45, 7) is 14.8. The molecular weight excluding hydrogens is 907 g/mol. The van der Waals surface area contributed by atoms with E-state index in [-0.39, 0.29) is 5.41 Å². The molecule has 0 aliphatic heterocycles. The van der Waals surface area contributed by atoms with Gasteiger partial charge in [0.05, 0.1) is 11.0 Å². The Morgan fingerprint density at radius 1 is 0.453 bits per heavy atom. The van der Waals surface area contributed by atoms with Gasteiger partial charge in [-0.1, -0.05) is 226 Å². The van der Waals surface area contributed by atoms with Gasteiger partial charge in [0, 0.05) is 45.4 Å². The predicted molar refractivity (Wildman–Crippen MR) is 325 cm³/mol. The third kappa shape index (κ3) is 10.9. The molecule has 10 rings (SSSR count). The van der Waals surface area contributed by atoms with Crippen LogP contribution in [0.25, 0.3) is 66.2 Å². The fourth-order valence-corrected chi connectivity index (χ4v) is 13.0. The van der Waals surface area contributed by atoms with Crippen molar-refractivity contribution < 1.29 is 0 Å². The molecule has 0 radical (unpaired) electrons. The second-order valence-corrected chi connectivity index (χ2v) is 22.4. The SMILES string of the molecule is CCCCCCCCC1(CCCCCCCC)c2cc(C)ccc2-c2ccc(-c3ccc4c5ccc(C)cc5c5nc(-c6ccc(N(c7ccccc7)c7ccccc7)cc6)n(CC(CC)CCCC)c5c4c3)cc21. The van der Waals surface area contributed by atoms with Crippen LogP contribution in [0.5, 0.6) is 0 Å². The maximum atomic E-state index is 5.81. The number of hydrogen-bond acceptors (Lipinski definition) is 2. The van der Waals surface area contributed by atoms with Crippen LogP contribution in [0.4, 0.5) is 17.1 Å². The van der Waals surface area contributed by atoms with Gasteiger partial charge in [-0.3, -0.25) is 0 Å². The molecule has 1 heterocycles. The molecule has 3 heteroatoms. The van der Waals surface area contributed by atoms with Gasteiger partial charge in [0.1, 0.15) is 5.82 Å². The number of para-hydroxylation sites is 2. The maximum absolute atomic E-state index is 5.81. The molecule has 1 aromatic heterocycles. The Kier molecular flexibility index (Phi) is 16.7. The summed E-state index contributed by atoms with van der Waals surface area (Å²) in [6, 6.07) is 60.0. The van der Waals surface area contributed by atoms with Crippen molar-refractivity contribution in [1.82, 2.24) is 9.55 Å². The van der Waals surface area contributed by atoms with Crippen molar-refractivity contribution in [2.24, 2.45) is 5.92 Å². The van der Waals surface area contributed by atoms with Crippen LogP contribution in [-0.4, -0.2) is 9.55 Å². The van der Waals surface area contributed by atoms with Crippen molar-refractivity contribution in [2.45, 2.75) is 169 Å². The van der Waals surface area contributed by atoms with E-state index in [2.05, 4.69) is 209 Å². The quantitative estimate of drug-likeness (QED) is 0.0420. The molecule has 1 aliphatic rings. The lowest BCUT2D eigenvalue weighted by atomic mass is 9.70. The number of fused-ring (bicyclic) bond motifs is 9. The Morgan fingerprint density at radius 3 is 1.60 bits per heavy atom. The lowest BCUT2D eigenvalue weighted by molar-refractivity contribution is 0.397. The monoisotopic (exact) mass is 990 g/mol.